The number of hydrogen-bond acceptors (Lipinski definition) is 5. The number of hydrogen-bond donors (Lipinski definition) is 2. The van der Waals surface area contributed by atoms with Crippen molar-refractivity contribution in [3.05, 3.63) is 90.5 Å². The molecular weight excluding hydrogens is 394 g/mol. The fourth-order valence-corrected chi connectivity index (χ4v) is 3.83. The molecule has 1 amide bonds. The number of nitrogens with zero attached hydrogens (tertiary/aromatic N) is 1. The van der Waals surface area contributed by atoms with Gasteiger partial charge in [-0.3, -0.25) is 0 Å². The highest BCUT2D eigenvalue weighted by Gasteiger charge is 2.30. The van der Waals surface area contributed by atoms with Crippen LogP contribution >= 0.6 is 0 Å². The van der Waals surface area contributed by atoms with Gasteiger partial charge in [0.15, 0.2) is 0 Å². The molecule has 0 unspecified atom stereocenters. The molecule has 2 aromatic carbocycles. The van der Waals surface area contributed by atoms with E-state index in [4.69, 9.17) is 9.47 Å². The first kappa shape index (κ1) is 20.4. The van der Waals surface area contributed by atoms with E-state index in [2.05, 4.69) is 46.1 Å². The van der Waals surface area contributed by atoms with E-state index >= 15 is 0 Å². The van der Waals surface area contributed by atoms with Crippen LogP contribution in [0, 0.1) is 0 Å². The third-order valence-electron chi connectivity index (χ3n) is 5.24. The minimum Gasteiger partial charge on any atom is -0.460 e. The van der Waals surface area contributed by atoms with E-state index in [0.29, 0.717) is 5.69 Å². The molecule has 7 nitrogen and oxygen atoms in total. The molecule has 1 aliphatic carbocycles. The zero-order chi connectivity index (χ0) is 21.6. The molecule has 0 bridgehead atoms. The first-order chi connectivity index (χ1) is 15.2. The summed E-state index contributed by atoms with van der Waals surface area (Å²) in [5.41, 5.74) is 5.24. The van der Waals surface area contributed by atoms with Crippen molar-refractivity contribution in [1.29, 1.82) is 0 Å². The van der Waals surface area contributed by atoms with Crippen molar-refractivity contribution < 1.29 is 19.1 Å². The van der Waals surface area contributed by atoms with Crippen LogP contribution in [-0.2, 0) is 20.7 Å². The molecule has 1 heterocycles. The number of imidazole rings is 1. The standard InChI is InChI=1S/C24H23N3O4/c1-2-11-30-23(28)22(12-16-13-25-15-26-16)27-24(29)31-14-21-19-9-5-3-7-17(19)18-8-4-6-10-20(18)21/h2-10,13,15,21-22H,1,11-12,14H2,(H,25,26)(H,27,29)/t22-/m1/s1. The summed E-state index contributed by atoms with van der Waals surface area (Å²) < 4.78 is 10.7. The molecule has 0 aliphatic heterocycles. The maximum atomic E-state index is 12.6. The predicted octanol–water partition coefficient (Wildman–Crippen LogP) is 3.59. The first-order valence-electron chi connectivity index (χ1n) is 10.0. The normalized spacial score (nSPS) is 13.0. The van der Waals surface area contributed by atoms with E-state index in [-0.39, 0.29) is 25.6 Å². The molecule has 0 saturated carbocycles. The third-order valence-corrected chi connectivity index (χ3v) is 5.24. The topological polar surface area (TPSA) is 93.3 Å². The molecule has 0 fully saturated rings. The van der Waals surface area contributed by atoms with E-state index in [1.807, 2.05) is 24.3 Å². The molecule has 1 aromatic heterocycles. The molecule has 0 saturated heterocycles. The van der Waals surface area contributed by atoms with Crippen molar-refractivity contribution in [1.82, 2.24) is 15.3 Å². The van der Waals surface area contributed by atoms with Crippen molar-refractivity contribution in [2.24, 2.45) is 0 Å². The summed E-state index contributed by atoms with van der Waals surface area (Å²) in [5, 5.41) is 2.62. The molecule has 2 N–H and O–H groups in total. The lowest BCUT2D eigenvalue weighted by atomic mass is 9.98. The summed E-state index contributed by atoms with van der Waals surface area (Å²) in [7, 11) is 0. The second-order valence-electron chi connectivity index (χ2n) is 7.22. The van der Waals surface area contributed by atoms with Gasteiger partial charge < -0.3 is 19.8 Å². The minimum absolute atomic E-state index is 0.0584. The Labute approximate surface area is 180 Å². The molecule has 31 heavy (non-hydrogen) atoms. The molecule has 158 valence electrons. The second-order valence-corrected chi connectivity index (χ2v) is 7.22. The Bertz CT molecular complexity index is 1030. The van der Waals surface area contributed by atoms with E-state index in [0.717, 1.165) is 22.3 Å². The first-order valence-corrected chi connectivity index (χ1v) is 10.0. The van der Waals surface area contributed by atoms with Crippen LogP contribution < -0.4 is 5.32 Å². The van der Waals surface area contributed by atoms with Crippen molar-refractivity contribution in [3.8, 4) is 11.1 Å². The third kappa shape index (κ3) is 4.50. The maximum absolute atomic E-state index is 12.6. The van der Waals surface area contributed by atoms with Gasteiger partial charge in [0.05, 0.1) is 6.33 Å². The van der Waals surface area contributed by atoms with E-state index < -0.39 is 18.1 Å². The molecule has 0 spiro atoms. The number of carbonyl (C=O) groups excluding carboxylic acids is 2. The highest BCUT2D eigenvalue weighted by atomic mass is 16.6. The lowest BCUT2D eigenvalue weighted by Gasteiger charge is -2.18. The smallest absolute Gasteiger partial charge is 0.407 e. The van der Waals surface area contributed by atoms with Crippen molar-refractivity contribution in [3.63, 3.8) is 0 Å². The largest absolute Gasteiger partial charge is 0.460 e. The van der Waals surface area contributed by atoms with Gasteiger partial charge in [0, 0.05) is 24.2 Å². The van der Waals surface area contributed by atoms with Crippen molar-refractivity contribution >= 4 is 12.1 Å². The van der Waals surface area contributed by atoms with Gasteiger partial charge in [-0.15, -0.1) is 0 Å². The van der Waals surface area contributed by atoms with E-state index in [1.54, 1.807) is 6.20 Å². The fourth-order valence-electron chi connectivity index (χ4n) is 3.83. The van der Waals surface area contributed by atoms with E-state index in [1.165, 1.54) is 12.4 Å². The number of fused-ring (bicyclic) bond motifs is 3. The van der Waals surface area contributed by atoms with Gasteiger partial charge >= 0.3 is 12.1 Å². The number of benzene rings is 2. The molecule has 1 atom stereocenters. The highest BCUT2D eigenvalue weighted by molar-refractivity contribution is 5.82. The van der Waals surface area contributed by atoms with Gasteiger partial charge in [-0.1, -0.05) is 61.2 Å². The molecule has 7 heteroatoms. The Morgan fingerprint density at radius 1 is 1.10 bits per heavy atom. The lowest BCUT2D eigenvalue weighted by molar-refractivity contribution is -0.144. The Kier molecular flexibility index (Phi) is 6.12. The number of carbonyl (C=O) groups is 2. The van der Waals surface area contributed by atoms with Crippen molar-refractivity contribution in [2.45, 2.75) is 18.4 Å². The molecule has 4 rings (SSSR count). The summed E-state index contributed by atoms with van der Waals surface area (Å²) in [6.45, 7) is 3.76. The van der Waals surface area contributed by atoms with Gasteiger partial charge in [0.2, 0.25) is 0 Å². The Morgan fingerprint density at radius 2 is 1.77 bits per heavy atom. The highest BCUT2D eigenvalue weighted by Crippen LogP contribution is 2.44. The van der Waals surface area contributed by atoms with Crippen LogP contribution in [0.3, 0.4) is 0 Å². The summed E-state index contributed by atoms with van der Waals surface area (Å²) in [5.74, 6) is -0.625. The van der Waals surface area contributed by atoms with Crippen LogP contribution in [0.25, 0.3) is 11.1 Å². The number of alkyl carbamates (subject to hydrolysis) is 1. The SMILES string of the molecule is C=CCOC(=O)[C@@H](Cc1cnc[nH]1)NC(=O)OCC1c2ccccc2-c2ccccc21. The van der Waals surface area contributed by atoms with E-state index in [9.17, 15) is 9.59 Å². The molecule has 0 radical (unpaired) electrons. The number of nitrogens with one attached hydrogen (secondary N) is 2. The van der Waals surface area contributed by atoms with Crippen LogP contribution in [0.15, 0.2) is 73.7 Å². The van der Waals surface area contributed by atoms with Gasteiger partial charge in [-0.2, -0.15) is 0 Å². The number of ether oxygens (including phenoxy) is 2. The fraction of sp³-hybridized carbons (Fsp3) is 0.208. The quantitative estimate of drug-likeness (QED) is 0.432. The second kappa shape index (κ2) is 9.30. The molecular formula is C24H23N3O4. The summed E-state index contributed by atoms with van der Waals surface area (Å²) in [4.78, 5) is 31.8. The predicted molar refractivity (Wildman–Crippen MR) is 115 cm³/mol. The van der Waals surface area contributed by atoms with Crippen LogP contribution in [0.2, 0.25) is 0 Å². The Morgan fingerprint density at radius 3 is 2.39 bits per heavy atom. The lowest BCUT2D eigenvalue weighted by Crippen LogP contribution is -2.44. The van der Waals surface area contributed by atoms with Crippen molar-refractivity contribution in [2.75, 3.05) is 13.2 Å². The van der Waals surface area contributed by atoms with Gasteiger partial charge in [0.1, 0.15) is 19.3 Å². The van der Waals surface area contributed by atoms with Crippen LogP contribution in [0.4, 0.5) is 4.79 Å². The average molecular weight is 417 g/mol. The number of aromatic nitrogens is 2. The summed E-state index contributed by atoms with van der Waals surface area (Å²) in [6, 6.07) is 15.3. The van der Waals surface area contributed by atoms with Gasteiger partial charge in [0.25, 0.3) is 0 Å². The average Bonchev–Trinajstić information content (AvgIpc) is 3.41. The summed E-state index contributed by atoms with van der Waals surface area (Å²) >= 11 is 0. The summed E-state index contributed by atoms with van der Waals surface area (Å²) in [6.07, 6.45) is 4.10. The Balaban J connectivity index is 1.43. The number of H-pyrrole nitrogens is 1. The maximum Gasteiger partial charge on any atom is 0.407 e. The minimum atomic E-state index is -0.906. The van der Waals surface area contributed by atoms with Crippen LogP contribution in [0.1, 0.15) is 22.7 Å². The Hall–Kier alpha value is -3.87. The molecule has 1 aliphatic rings. The van der Waals surface area contributed by atoms with Crippen LogP contribution in [-0.4, -0.2) is 41.3 Å². The zero-order valence-corrected chi connectivity index (χ0v) is 16.9. The number of aromatic amines is 1. The van der Waals surface area contributed by atoms with Gasteiger partial charge in [-0.05, 0) is 22.3 Å². The monoisotopic (exact) mass is 417 g/mol. The van der Waals surface area contributed by atoms with Crippen LogP contribution in [0.5, 0.6) is 0 Å². The molecule has 3 aromatic rings. The van der Waals surface area contributed by atoms with Gasteiger partial charge in [-0.25, -0.2) is 14.6 Å². The zero-order valence-electron chi connectivity index (χ0n) is 16.9. The number of rotatable bonds is 8. The number of esters is 1. The number of amides is 1.